The molecule has 0 saturated carbocycles. The van der Waals surface area contributed by atoms with E-state index in [9.17, 15) is 4.79 Å². The van der Waals surface area contributed by atoms with Crippen molar-refractivity contribution in [1.82, 2.24) is 0 Å². The zero-order valence-corrected chi connectivity index (χ0v) is 12.1. The van der Waals surface area contributed by atoms with Gasteiger partial charge in [0.2, 0.25) is 0 Å². The fourth-order valence-corrected chi connectivity index (χ4v) is 2.89. The van der Waals surface area contributed by atoms with E-state index >= 15 is 0 Å². The van der Waals surface area contributed by atoms with Crippen LogP contribution < -0.4 is 9.47 Å². The predicted molar refractivity (Wildman–Crippen MR) is 73.1 cm³/mol. The average Bonchev–Trinajstić information content (AvgIpc) is 2.47. The van der Waals surface area contributed by atoms with Crippen LogP contribution in [0.4, 0.5) is 0 Å². The normalized spacial score (nSPS) is 22.1. The summed E-state index contributed by atoms with van der Waals surface area (Å²) in [6.07, 6.45) is 2.54. The van der Waals surface area contributed by atoms with E-state index in [1.165, 1.54) is 0 Å². The van der Waals surface area contributed by atoms with Gasteiger partial charge in [0.15, 0.2) is 17.3 Å². The minimum Gasteiger partial charge on any atom is -0.486 e. The molecule has 1 unspecified atom stereocenters. The zero-order chi connectivity index (χ0) is 13.2. The molecule has 2 heterocycles. The second kappa shape index (κ2) is 5.51. The molecule has 0 spiro atoms. The Balaban J connectivity index is 1.89. The minimum absolute atomic E-state index is 0.0172. The number of hydrogen-bond donors (Lipinski definition) is 0. The van der Waals surface area contributed by atoms with E-state index < -0.39 is 0 Å². The van der Waals surface area contributed by atoms with Gasteiger partial charge >= 0.3 is 0 Å². The largest absolute Gasteiger partial charge is 0.486 e. The molecule has 0 aliphatic carbocycles. The lowest BCUT2D eigenvalue weighted by Crippen LogP contribution is -2.28. The van der Waals surface area contributed by atoms with Crippen molar-refractivity contribution in [2.24, 2.45) is 0 Å². The van der Waals surface area contributed by atoms with Crippen LogP contribution in [0.2, 0.25) is 0 Å². The monoisotopic (exact) mass is 326 g/mol. The summed E-state index contributed by atoms with van der Waals surface area (Å²) in [7, 11) is 0. The molecule has 1 fully saturated rings. The highest BCUT2D eigenvalue weighted by atomic mass is 79.9. The van der Waals surface area contributed by atoms with Crippen LogP contribution in [0.15, 0.2) is 16.6 Å². The maximum Gasteiger partial charge on any atom is 0.192 e. The lowest BCUT2D eigenvalue weighted by Gasteiger charge is -2.23. The van der Waals surface area contributed by atoms with E-state index in [4.69, 9.17) is 14.2 Å². The quantitative estimate of drug-likeness (QED) is 0.784. The van der Waals surface area contributed by atoms with E-state index in [2.05, 4.69) is 15.9 Å². The van der Waals surface area contributed by atoms with Gasteiger partial charge in [0, 0.05) is 16.6 Å². The Morgan fingerprint density at radius 3 is 2.53 bits per heavy atom. The molecule has 0 aromatic heterocycles. The number of hydrogen-bond acceptors (Lipinski definition) is 4. The number of carbonyl (C=O) groups excluding carboxylic acids is 1. The number of rotatable bonds is 2. The topological polar surface area (TPSA) is 44.8 Å². The van der Waals surface area contributed by atoms with Crippen molar-refractivity contribution in [2.45, 2.75) is 25.4 Å². The highest BCUT2D eigenvalue weighted by molar-refractivity contribution is 9.10. The summed E-state index contributed by atoms with van der Waals surface area (Å²) in [5.41, 5.74) is 0.608. The fraction of sp³-hybridized carbons (Fsp3) is 0.500. The molecule has 0 bridgehead atoms. The maximum absolute atomic E-state index is 12.5. The Hall–Kier alpha value is -1.07. The molecule has 5 heteroatoms. The van der Waals surface area contributed by atoms with Crippen LogP contribution in [0.3, 0.4) is 0 Å². The number of halogens is 1. The highest BCUT2D eigenvalue weighted by Crippen LogP contribution is 2.36. The van der Waals surface area contributed by atoms with E-state index in [-0.39, 0.29) is 11.9 Å². The molecule has 102 valence electrons. The SMILES string of the molecule is O=C(c1cc2c(cc1Br)OCCO2)C1CCCCO1. The van der Waals surface area contributed by atoms with Gasteiger partial charge in [-0.2, -0.15) is 0 Å². The zero-order valence-electron chi connectivity index (χ0n) is 10.5. The van der Waals surface area contributed by atoms with E-state index in [0.29, 0.717) is 36.9 Å². The molecule has 1 saturated heterocycles. The first-order valence-corrected chi connectivity index (χ1v) is 7.30. The molecular formula is C14H15BrO4. The summed E-state index contributed by atoms with van der Waals surface area (Å²) in [5, 5.41) is 0. The van der Waals surface area contributed by atoms with Crippen molar-refractivity contribution in [1.29, 1.82) is 0 Å². The van der Waals surface area contributed by atoms with Crippen LogP contribution in [-0.2, 0) is 4.74 Å². The van der Waals surface area contributed by atoms with Gasteiger partial charge in [-0.05, 0) is 47.3 Å². The molecule has 19 heavy (non-hydrogen) atoms. The maximum atomic E-state index is 12.5. The molecule has 0 N–H and O–H groups in total. The van der Waals surface area contributed by atoms with Gasteiger partial charge in [-0.15, -0.1) is 0 Å². The first kappa shape index (κ1) is 12.9. The van der Waals surface area contributed by atoms with Gasteiger partial charge in [0.05, 0.1) is 0 Å². The Kier molecular flexibility index (Phi) is 3.75. The van der Waals surface area contributed by atoms with Crippen LogP contribution in [0.1, 0.15) is 29.6 Å². The van der Waals surface area contributed by atoms with Crippen molar-refractivity contribution in [3.63, 3.8) is 0 Å². The lowest BCUT2D eigenvalue weighted by atomic mass is 9.99. The van der Waals surface area contributed by atoms with Crippen LogP contribution in [0.5, 0.6) is 11.5 Å². The van der Waals surface area contributed by atoms with Crippen LogP contribution in [0, 0.1) is 0 Å². The summed E-state index contributed by atoms with van der Waals surface area (Å²) >= 11 is 3.43. The number of ether oxygens (including phenoxy) is 3. The first-order chi connectivity index (χ1) is 9.25. The smallest absolute Gasteiger partial charge is 0.192 e. The van der Waals surface area contributed by atoms with Gasteiger partial charge in [0.25, 0.3) is 0 Å². The highest BCUT2D eigenvalue weighted by Gasteiger charge is 2.26. The van der Waals surface area contributed by atoms with Gasteiger partial charge in [-0.1, -0.05) is 0 Å². The number of ketones is 1. The fourth-order valence-electron chi connectivity index (χ4n) is 2.37. The van der Waals surface area contributed by atoms with Gasteiger partial charge in [0.1, 0.15) is 19.3 Å². The standard InChI is InChI=1S/C14H15BrO4/c15-10-8-13-12(18-5-6-19-13)7-9(10)14(16)11-3-1-2-4-17-11/h7-8,11H,1-6H2. The van der Waals surface area contributed by atoms with Gasteiger partial charge < -0.3 is 14.2 Å². The van der Waals surface area contributed by atoms with Crippen molar-refractivity contribution in [3.05, 3.63) is 22.2 Å². The molecular weight excluding hydrogens is 312 g/mol. The number of benzene rings is 1. The molecule has 1 atom stereocenters. The van der Waals surface area contributed by atoms with Crippen LogP contribution in [0.25, 0.3) is 0 Å². The molecule has 2 aliphatic heterocycles. The van der Waals surface area contributed by atoms with Gasteiger partial charge in [-0.25, -0.2) is 0 Å². The minimum atomic E-state index is -0.326. The second-order valence-corrected chi connectivity index (χ2v) is 5.55. The Morgan fingerprint density at radius 2 is 1.84 bits per heavy atom. The summed E-state index contributed by atoms with van der Waals surface area (Å²) in [6, 6.07) is 3.55. The third-order valence-electron chi connectivity index (χ3n) is 3.37. The van der Waals surface area contributed by atoms with Crippen molar-refractivity contribution < 1.29 is 19.0 Å². The average molecular weight is 327 g/mol. The van der Waals surface area contributed by atoms with Crippen molar-refractivity contribution in [2.75, 3.05) is 19.8 Å². The number of fused-ring (bicyclic) bond motifs is 1. The predicted octanol–water partition coefficient (Wildman–Crippen LogP) is 2.97. The molecule has 0 radical (unpaired) electrons. The van der Waals surface area contributed by atoms with E-state index in [0.717, 1.165) is 23.7 Å². The van der Waals surface area contributed by atoms with Gasteiger partial charge in [-0.3, -0.25) is 4.79 Å². The summed E-state index contributed by atoms with van der Waals surface area (Å²) < 4.78 is 17.3. The van der Waals surface area contributed by atoms with Crippen LogP contribution in [-0.4, -0.2) is 31.7 Å². The third-order valence-corrected chi connectivity index (χ3v) is 4.03. The molecule has 2 aliphatic rings. The second-order valence-electron chi connectivity index (χ2n) is 4.70. The number of carbonyl (C=O) groups is 1. The molecule has 1 aromatic carbocycles. The van der Waals surface area contributed by atoms with Crippen molar-refractivity contribution >= 4 is 21.7 Å². The summed E-state index contributed by atoms with van der Waals surface area (Å²) in [5.74, 6) is 1.33. The lowest BCUT2D eigenvalue weighted by molar-refractivity contribution is 0.0185. The molecule has 3 rings (SSSR count). The van der Waals surface area contributed by atoms with Crippen LogP contribution >= 0.6 is 15.9 Å². The van der Waals surface area contributed by atoms with Crippen molar-refractivity contribution in [3.8, 4) is 11.5 Å². The Morgan fingerprint density at radius 1 is 1.11 bits per heavy atom. The van der Waals surface area contributed by atoms with E-state index in [1.807, 2.05) is 0 Å². The summed E-state index contributed by atoms with van der Waals surface area (Å²) in [6.45, 7) is 1.72. The Bertz CT molecular complexity index is 494. The number of Topliss-reactive ketones (excluding diaryl/α,β-unsaturated/α-hetero) is 1. The first-order valence-electron chi connectivity index (χ1n) is 6.50. The Labute approximate surface area is 120 Å². The third kappa shape index (κ3) is 2.62. The molecule has 0 amide bonds. The molecule has 1 aromatic rings. The molecule has 4 nitrogen and oxygen atoms in total. The van der Waals surface area contributed by atoms with E-state index in [1.54, 1.807) is 12.1 Å². The summed E-state index contributed by atoms with van der Waals surface area (Å²) in [4.78, 5) is 12.5.